The van der Waals surface area contributed by atoms with Gasteiger partial charge in [-0.25, -0.2) is 0 Å². The molecule has 0 aromatic rings. The highest BCUT2D eigenvalue weighted by Gasteiger charge is 2.37. The van der Waals surface area contributed by atoms with E-state index >= 15 is 0 Å². The molecule has 0 saturated heterocycles. The molecule has 11 heavy (non-hydrogen) atoms. The van der Waals surface area contributed by atoms with Gasteiger partial charge in [0.1, 0.15) is 0 Å². The molecule has 64 valence electrons. The Morgan fingerprint density at radius 3 is 3.00 bits per heavy atom. The summed E-state index contributed by atoms with van der Waals surface area (Å²) < 4.78 is 0. The van der Waals surface area contributed by atoms with Gasteiger partial charge in [-0.1, -0.05) is 19.4 Å². The van der Waals surface area contributed by atoms with Crippen LogP contribution in [0.4, 0.5) is 0 Å². The zero-order chi connectivity index (χ0) is 8.32. The summed E-state index contributed by atoms with van der Waals surface area (Å²) in [5, 5.41) is 10.1. The second-order valence-corrected chi connectivity index (χ2v) is 3.59. The molecule has 0 heterocycles. The lowest BCUT2D eigenvalue weighted by atomic mass is 9.87. The highest BCUT2D eigenvalue weighted by atomic mass is 16.3. The highest BCUT2D eigenvalue weighted by Crippen LogP contribution is 2.39. The molecule has 1 aliphatic carbocycles. The molecule has 0 radical (unpaired) electrons. The fraction of sp³-hybridized carbons (Fsp3) is 0.800. The Morgan fingerprint density at radius 1 is 1.73 bits per heavy atom. The van der Waals surface area contributed by atoms with Crippen molar-refractivity contribution in [2.75, 3.05) is 0 Å². The van der Waals surface area contributed by atoms with Crippen molar-refractivity contribution in [3.8, 4) is 0 Å². The summed E-state index contributed by atoms with van der Waals surface area (Å²) >= 11 is 0. The average molecular weight is 154 g/mol. The van der Waals surface area contributed by atoms with Crippen LogP contribution in [0.3, 0.4) is 0 Å². The van der Waals surface area contributed by atoms with Gasteiger partial charge in [-0.2, -0.15) is 0 Å². The topological polar surface area (TPSA) is 20.2 Å². The molecule has 0 unspecified atom stereocenters. The summed E-state index contributed by atoms with van der Waals surface area (Å²) in [6.45, 7) is 5.88. The molecule has 0 aliphatic heterocycles. The van der Waals surface area contributed by atoms with E-state index in [1.54, 1.807) is 0 Å². The van der Waals surface area contributed by atoms with E-state index in [-0.39, 0.29) is 0 Å². The van der Waals surface area contributed by atoms with Crippen LogP contribution in [-0.2, 0) is 0 Å². The van der Waals surface area contributed by atoms with E-state index in [0.29, 0.717) is 5.92 Å². The van der Waals surface area contributed by atoms with Crippen LogP contribution in [-0.4, -0.2) is 10.7 Å². The summed E-state index contributed by atoms with van der Waals surface area (Å²) in [6.07, 6.45) is 7.18. The van der Waals surface area contributed by atoms with E-state index in [1.165, 1.54) is 0 Å². The molecule has 1 aliphatic rings. The summed E-state index contributed by atoms with van der Waals surface area (Å²) in [5.41, 5.74) is -0.406. The summed E-state index contributed by atoms with van der Waals surface area (Å²) in [7, 11) is 0. The SMILES string of the molecule is C=C[C@@H]1CCC[C@@]1(O)CCC. The van der Waals surface area contributed by atoms with Crippen molar-refractivity contribution >= 4 is 0 Å². The molecule has 1 fully saturated rings. The van der Waals surface area contributed by atoms with Crippen molar-refractivity contribution in [2.24, 2.45) is 5.92 Å². The van der Waals surface area contributed by atoms with Gasteiger partial charge in [0.05, 0.1) is 5.60 Å². The number of hydrogen-bond donors (Lipinski definition) is 1. The maximum Gasteiger partial charge on any atom is 0.0709 e. The first-order chi connectivity index (χ1) is 5.23. The van der Waals surface area contributed by atoms with Gasteiger partial charge in [0.2, 0.25) is 0 Å². The lowest BCUT2D eigenvalue weighted by Crippen LogP contribution is -2.31. The van der Waals surface area contributed by atoms with Gasteiger partial charge in [-0.05, 0) is 25.7 Å². The molecule has 0 aromatic heterocycles. The molecule has 0 aromatic carbocycles. The molecular weight excluding hydrogens is 136 g/mol. The Morgan fingerprint density at radius 2 is 2.45 bits per heavy atom. The van der Waals surface area contributed by atoms with Crippen molar-refractivity contribution in [2.45, 2.75) is 44.6 Å². The lowest BCUT2D eigenvalue weighted by molar-refractivity contribution is 0.0104. The van der Waals surface area contributed by atoms with Gasteiger partial charge in [-0.3, -0.25) is 0 Å². The maximum absolute atomic E-state index is 10.1. The first kappa shape index (κ1) is 8.79. The zero-order valence-electron chi connectivity index (χ0n) is 7.34. The van der Waals surface area contributed by atoms with Crippen molar-refractivity contribution in [1.29, 1.82) is 0 Å². The van der Waals surface area contributed by atoms with Gasteiger partial charge >= 0.3 is 0 Å². The quantitative estimate of drug-likeness (QED) is 0.619. The monoisotopic (exact) mass is 154 g/mol. The molecule has 2 atom stereocenters. The van der Waals surface area contributed by atoms with E-state index in [1.807, 2.05) is 6.08 Å². The second kappa shape index (κ2) is 3.40. The smallest absolute Gasteiger partial charge is 0.0709 e. The fourth-order valence-electron chi connectivity index (χ4n) is 2.16. The average Bonchev–Trinajstić information content (AvgIpc) is 2.31. The fourth-order valence-corrected chi connectivity index (χ4v) is 2.16. The standard InChI is InChI=1S/C10H18O/c1-3-7-10(11)8-5-6-9(10)4-2/h4,9,11H,2-3,5-8H2,1H3/t9-,10+/m1/s1. The summed E-state index contributed by atoms with van der Waals surface area (Å²) in [4.78, 5) is 0. The van der Waals surface area contributed by atoms with Crippen LogP contribution in [0.2, 0.25) is 0 Å². The van der Waals surface area contributed by atoms with Crippen LogP contribution in [0.5, 0.6) is 0 Å². The number of hydrogen-bond acceptors (Lipinski definition) is 1. The van der Waals surface area contributed by atoms with Crippen molar-refractivity contribution in [1.82, 2.24) is 0 Å². The van der Waals surface area contributed by atoms with Crippen LogP contribution >= 0.6 is 0 Å². The molecule has 0 bridgehead atoms. The van der Waals surface area contributed by atoms with Crippen molar-refractivity contribution < 1.29 is 5.11 Å². The van der Waals surface area contributed by atoms with E-state index in [2.05, 4.69) is 13.5 Å². The Bertz CT molecular complexity index is 142. The van der Waals surface area contributed by atoms with Gasteiger partial charge in [-0.15, -0.1) is 6.58 Å². The third-order valence-electron chi connectivity index (χ3n) is 2.78. The minimum absolute atomic E-state index is 0.349. The Kier molecular flexibility index (Phi) is 2.72. The number of aliphatic hydroxyl groups is 1. The normalized spacial score (nSPS) is 37.5. The summed E-state index contributed by atoms with van der Waals surface area (Å²) in [5.74, 6) is 0.349. The minimum Gasteiger partial charge on any atom is -0.389 e. The Labute approximate surface area is 69.1 Å². The van der Waals surface area contributed by atoms with Crippen LogP contribution in [0, 0.1) is 5.92 Å². The molecular formula is C10H18O. The first-order valence-electron chi connectivity index (χ1n) is 4.58. The van der Waals surface area contributed by atoms with Crippen molar-refractivity contribution in [3.05, 3.63) is 12.7 Å². The third kappa shape index (κ3) is 1.64. The Balaban J connectivity index is 2.58. The first-order valence-corrected chi connectivity index (χ1v) is 4.58. The predicted molar refractivity (Wildman–Crippen MR) is 47.4 cm³/mol. The predicted octanol–water partition coefficient (Wildman–Crippen LogP) is 2.50. The van der Waals surface area contributed by atoms with E-state index in [9.17, 15) is 5.11 Å². The molecule has 1 rings (SSSR count). The van der Waals surface area contributed by atoms with E-state index in [0.717, 1.165) is 32.1 Å². The summed E-state index contributed by atoms with van der Waals surface area (Å²) in [6, 6.07) is 0. The van der Waals surface area contributed by atoms with Gasteiger partial charge in [0.25, 0.3) is 0 Å². The second-order valence-electron chi connectivity index (χ2n) is 3.59. The molecule has 0 amide bonds. The van der Waals surface area contributed by atoms with Crippen LogP contribution in [0.15, 0.2) is 12.7 Å². The molecule has 1 N–H and O–H groups in total. The highest BCUT2D eigenvalue weighted by molar-refractivity contribution is 4.99. The van der Waals surface area contributed by atoms with E-state index < -0.39 is 5.60 Å². The molecule has 1 saturated carbocycles. The van der Waals surface area contributed by atoms with Crippen molar-refractivity contribution in [3.63, 3.8) is 0 Å². The molecule has 0 spiro atoms. The third-order valence-corrected chi connectivity index (χ3v) is 2.78. The molecule has 1 nitrogen and oxygen atoms in total. The van der Waals surface area contributed by atoms with Gasteiger partial charge < -0.3 is 5.11 Å². The maximum atomic E-state index is 10.1. The van der Waals surface area contributed by atoms with Gasteiger partial charge in [0.15, 0.2) is 0 Å². The minimum atomic E-state index is -0.406. The van der Waals surface area contributed by atoms with Crippen LogP contribution in [0.1, 0.15) is 39.0 Å². The Hall–Kier alpha value is -0.300. The molecule has 1 heteroatoms. The largest absolute Gasteiger partial charge is 0.389 e. The number of rotatable bonds is 3. The van der Waals surface area contributed by atoms with Gasteiger partial charge in [0, 0.05) is 5.92 Å². The zero-order valence-corrected chi connectivity index (χ0v) is 7.34. The van der Waals surface area contributed by atoms with Crippen LogP contribution in [0.25, 0.3) is 0 Å². The van der Waals surface area contributed by atoms with E-state index in [4.69, 9.17) is 0 Å². The lowest BCUT2D eigenvalue weighted by Gasteiger charge is -2.27. The van der Waals surface area contributed by atoms with Crippen LogP contribution < -0.4 is 0 Å².